The summed E-state index contributed by atoms with van der Waals surface area (Å²) in [5.74, 6) is 0.00489. The number of aliphatic hydroxyl groups is 1. The van der Waals surface area contributed by atoms with Crippen molar-refractivity contribution in [2.45, 2.75) is 94.8 Å². The van der Waals surface area contributed by atoms with Crippen LogP contribution in [0.4, 0.5) is 22.7 Å². The summed E-state index contributed by atoms with van der Waals surface area (Å²) in [5, 5.41) is 15.6. The number of ether oxygens (including phenoxy) is 3. The SMILES string of the molecule is CC1(C)CC(c2ccc(Cl)cc2)=C2CN3CCN(c4ccc(C(=O)NS(=O)(=O)c5ccc(NCC6CCC(C)(O)CC6)c(Cl)c5)c(N5CCCOc6nc7[nH]ccc7cc65)c4)C[C@H]3COCCCO[C@@H]2C1. The molecule has 2 aromatic heterocycles. The summed E-state index contributed by atoms with van der Waals surface area (Å²) in [6.45, 7) is 12.7. The van der Waals surface area contributed by atoms with Gasteiger partial charge in [0.1, 0.15) is 11.3 Å². The van der Waals surface area contributed by atoms with Crippen molar-refractivity contribution < 1.29 is 32.5 Å². The summed E-state index contributed by atoms with van der Waals surface area (Å²) < 4.78 is 49.8. The Morgan fingerprint density at radius 2 is 1.75 bits per heavy atom. The third-order valence-electron chi connectivity index (χ3n) is 15.1. The summed E-state index contributed by atoms with van der Waals surface area (Å²) >= 11 is 13.1. The number of carbonyl (C=O) groups excluding carboxylic acids is 1. The van der Waals surface area contributed by atoms with Gasteiger partial charge in [-0.3, -0.25) is 9.69 Å². The highest BCUT2D eigenvalue weighted by Crippen LogP contribution is 2.46. The smallest absolute Gasteiger partial charge is 0.267 e. The van der Waals surface area contributed by atoms with Gasteiger partial charge in [0, 0.05) is 74.8 Å². The summed E-state index contributed by atoms with van der Waals surface area (Å²) in [7, 11) is -4.38. The molecule has 0 unspecified atom stereocenters. The minimum Gasteiger partial charge on any atom is -0.476 e. The molecule has 14 nitrogen and oxygen atoms in total. The number of aromatic nitrogens is 2. The third-order valence-corrected chi connectivity index (χ3v) is 17.0. The van der Waals surface area contributed by atoms with Crippen LogP contribution < -0.4 is 24.6 Å². The molecule has 3 aromatic carbocycles. The van der Waals surface area contributed by atoms with Gasteiger partial charge in [0.05, 0.1) is 57.8 Å². The highest BCUT2D eigenvalue weighted by atomic mass is 35.5. The monoisotopic (exact) mass is 1030 g/mol. The molecule has 0 radical (unpaired) electrons. The predicted molar refractivity (Wildman–Crippen MR) is 281 cm³/mol. The van der Waals surface area contributed by atoms with Gasteiger partial charge >= 0.3 is 0 Å². The lowest BCUT2D eigenvalue weighted by Gasteiger charge is -2.45. The lowest BCUT2D eigenvalue weighted by molar-refractivity contribution is 0.00975. The summed E-state index contributed by atoms with van der Waals surface area (Å²) in [5.41, 5.74) is 6.83. The fourth-order valence-electron chi connectivity index (χ4n) is 11.0. The minimum atomic E-state index is -4.38. The van der Waals surface area contributed by atoms with Crippen molar-refractivity contribution in [1.82, 2.24) is 19.6 Å². The van der Waals surface area contributed by atoms with Gasteiger partial charge in [-0.25, -0.2) is 13.1 Å². The van der Waals surface area contributed by atoms with E-state index >= 15 is 0 Å². The van der Waals surface area contributed by atoms with E-state index in [1.807, 2.05) is 54.4 Å². The molecular weight excluding hydrogens is 962 g/mol. The predicted octanol–water partition coefficient (Wildman–Crippen LogP) is 9.83. The van der Waals surface area contributed by atoms with Gasteiger partial charge in [-0.15, -0.1) is 0 Å². The molecule has 10 rings (SSSR count). The van der Waals surface area contributed by atoms with Crippen molar-refractivity contribution in [3.8, 4) is 5.88 Å². The topological polar surface area (TPSA) is 162 Å². The van der Waals surface area contributed by atoms with E-state index in [-0.39, 0.29) is 33.0 Å². The van der Waals surface area contributed by atoms with Gasteiger partial charge in [0.15, 0.2) is 0 Å². The molecule has 5 aliphatic rings. The van der Waals surface area contributed by atoms with Crippen molar-refractivity contribution in [3.63, 3.8) is 0 Å². The van der Waals surface area contributed by atoms with Crippen LogP contribution >= 0.6 is 23.2 Å². The molecule has 2 atom stereocenters. The van der Waals surface area contributed by atoms with Gasteiger partial charge in [0.2, 0.25) is 5.88 Å². The molecule has 3 fully saturated rings. The zero-order valence-corrected chi connectivity index (χ0v) is 43.1. The van der Waals surface area contributed by atoms with Crippen LogP contribution in [0.5, 0.6) is 5.88 Å². The van der Waals surface area contributed by atoms with Crippen LogP contribution in [0.25, 0.3) is 16.6 Å². The van der Waals surface area contributed by atoms with E-state index in [9.17, 15) is 18.3 Å². The van der Waals surface area contributed by atoms with Gasteiger partial charge in [-0.05, 0) is 147 Å². The van der Waals surface area contributed by atoms with Crippen molar-refractivity contribution in [2.24, 2.45) is 11.3 Å². The number of piperazine rings is 1. The number of sulfonamides is 1. The van der Waals surface area contributed by atoms with Crippen LogP contribution in [0.3, 0.4) is 0 Å². The minimum absolute atomic E-state index is 0.0145. The number of H-pyrrole nitrogens is 1. The average Bonchev–Trinajstić information content (AvgIpc) is 3.69. The van der Waals surface area contributed by atoms with E-state index in [2.05, 4.69) is 50.8 Å². The van der Waals surface area contributed by atoms with E-state index in [1.165, 1.54) is 28.8 Å². The van der Waals surface area contributed by atoms with Crippen LogP contribution in [0.2, 0.25) is 10.0 Å². The number of amides is 1. The lowest BCUT2D eigenvalue weighted by atomic mass is 9.71. The maximum atomic E-state index is 14.6. The number of nitrogens with one attached hydrogen (secondary N) is 3. The Balaban J connectivity index is 0.944. The second-order valence-electron chi connectivity index (χ2n) is 21.1. The van der Waals surface area contributed by atoms with Crippen molar-refractivity contribution >= 4 is 78.5 Å². The highest BCUT2D eigenvalue weighted by molar-refractivity contribution is 7.90. The van der Waals surface area contributed by atoms with Gasteiger partial charge in [-0.2, -0.15) is 4.98 Å². The Bertz CT molecular complexity index is 2900. The average molecular weight is 1030 g/mol. The second kappa shape index (κ2) is 20.6. The Hall–Kier alpha value is -4.87. The number of carbonyl (C=O) groups is 1. The number of hydrogen-bond donors (Lipinski definition) is 4. The van der Waals surface area contributed by atoms with E-state index in [1.54, 1.807) is 12.1 Å². The van der Waals surface area contributed by atoms with Gasteiger partial charge < -0.3 is 39.4 Å². The van der Waals surface area contributed by atoms with Crippen LogP contribution in [0.1, 0.15) is 88.1 Å². The molecule has 2 aliphatic carbocycles. The maximum absolute atomic E-state index is 14.6. The Morgan fingerprint density at radius 1 is 0.930 bits per heavy atom. The molecule has 17 heteroatoms. The van der Waals surface area contributed by atoms with E-state index in [4.69, 9.17) is 42.4 Å². The van der Waals surface area contributed by atoms with Crippen molar-refractivity contribution in [3.05, 3.63) is 106 Å². The summed E-state index contributed by atoms with van der Waals surface area (Å²) in [6.07, 6.45) is 8.35. The molecule has 2 saturated heterocycles. The second-order valence-corrected chi connectivity index (χ2v) is 23.6. The standard InChI is InChI=1S/C54H65Cl2N7O7S/c1-53(2)29-43(36-6-8-38(55)9-7-36)44-33-62-22-21-61(32-40(62)34-68-23-5-25-69-49(44)30-53)39-10-12-42(47(27-39)63-20-4-24-70-52-48(63)26-37-16-19-57-50(37)59-52)51(64)60-71(66,67)41-11-13-46(45(56)28-41)58-31-35-14-17-54(3,65)18-15-35/h6-13,16,19,26-28,35,40,49,58,65H,4-5,14-15,17-18,20-25,29-34H2,1-3H3,(H,57,59)(H,60,64)/t35?,40-,49+,54?/m0/s1. The number of halogens is 2. The number of benzene rings is 3. The number of nitrogens with zero attached hydrogens (tertiary/aromatic N) is 4. The number of hydrogen-bond acceptors (Lipinski definition) is 12. The molecule has 1 amide bonds. The number of aromatic amines is 1. The molecule has 5 heterocycles. The van der Waals surface area contributed by atoms with Crippen LogP contribution in [-0.4, -0.2) is 118 Å². The first-order chi connectivity index (χ1) is 34.1. The molecule has 0 bridgehead atoms. The molecule has 5 aromatic rings. The number of fused-ring (bicyclic) bond motifs is 4. The number of rotatable bonds is 9. The van der Waals surface area contributed by atoms with Crippen LogP contribution in [0.15, 0.2) is 89.5 Å². The maximum Gasteiger partial charge on any atom is 0.267 e. The zero-order valence-electron chi connectivity index (χ0n) is 40.8. The number of anilines is 4. The first-order valence-corrected chi connectivity index (χ1v) is 27.3. The Labute approximate surface area is 427 Å². The molecule has 378 valence electrons. The number of pyridine rings is 1. The summed E-state index contributed by atoms with van der Waals surface area (Å²) in [6, 6.07) is 22.3. The highest BCUT2D eigenvalue weighted by Gasteiger charge is 2.39. The normalized spacial score (nSPS) is 24.5. The first-order valence-electron chi connectivity index (χ1n) is 25.1. The van der Waals surface area contributed by atoms with Gasteiger partial charge in [-0.1, -0.05) is 49.2 Å². The van der Waals surface area contributed by atoms with E-state index in [0.717, 1.165) is 69.1 Å². The van der Waals surface area contributed by atoms with E-state index < -0.39 is 21.5 Å². The molecular formula is C54H65Cl2N7O7S. The van der Waals surface area contributed by atoms with E-state index in [0.29, 0.717) is 98.6 Å². The zero-order chi connectivity index (χ0) is 49.5. The molecule has 0 spiro atoms. The third kappa shape index (κ3) is 11.2. The van der Waals surface area contributed by atoms with Crippen LogP contribution in [-0.2, 0) is 19.5 Å². The van der Waals surface area contributed by atoms with Crippen molar-refractivity contribution in [1.29, 1.82) is 0 Å². The summed E-state index contributed by atoms with van der Waals surface area (Å²) in [4.78, 5) is 29.4. The number of allylic oxidation sites excluding steroid dienone is 1. The lowest BCUT2D eigenvalue weighted by Crippen LogP contribution is -2.56. The Kier molecular flexibility index (Phi) is 14.4. The Morgan fingerprint density at radius 3 is 2.55 bits per heavy atom. The molecule has 4 N–H and O–H groups in total. The molecule has 1 saturated carbocycles. The first kappa shape index (κ1) is 49.7. The molecule has 3 aliphatic heterocycles. The van der Waals surface area contributed by atoms with Gasteiger partial charge in [0.25, 0.3) is 15.9 Å². The van der Waals surface area contributed by atoms with Crippen molar-refractivity contribution in [2.75, 3.05) is 80.8 Å². The molecule has 71 heavy (non-hydrogen) atoms. The largest absolute Gasteiger partial charge is 0.476 e. The quantitative estimate of drug-likeness (QED) is 0.111. The fraction of sp³-hybridized carbons (Fsp3) is 0.481. The fourth-order valence-corrected chi connectivity index (χ4v) is 12.5. The van der Waals surface area contributed by atoms with Crippen LogP contribution in [0, 0.1) is 11.3 Å².